The predicted octanol–water partition coefficient (Wildman–Crippen LogP) is 6.97. The third-order valence-corrected chi connectivity index (χ3v) is 4.64. The topological polar surface area (TPSA) is 27.7 Å². The van der Waals surface area contributed by atoms with Gasteiger partial charge in [-0.1, -0.05) is 42.5 Å². The molecule has 0 aliphatic rings. The number of hydrogen-bond donors (Lipinski definition) is 0. The van der Waals surface area contributed by atoms with Crippen molar-refractivity contribution in [2.75, 3.05) is 7.11 Å². The fourth-order valence-electron chi connectivity index (χ4n) is 3.33. The van der Waals surface area contributed by atoms with E-state index in [-0.39, 0.29) is 16.9 Å². The molecule has 0 saturated carbocycles. The van der Waals surface area contributed by atoms with Crippen molar-refractivity contribution in [1.29, 1.82) is 0 Å². The van der Waals surface area contributed by atoms with Gasteiger partial charge in [0, 0.05) is 11.5 Å². The van der Waals surface area contributed by atoms with E-state index in [1.807, 2.05) is 0 Å². The summed E-state index contributed by atoms with van der Waals surface area (Å²) in [5, 5.41) is 0. The molecule has 7 heteroatoms. The van der Waals surface area contributed by atoms with Gasteiger partial charge in [-0.25, -0.2) is 0 Å². The van der Waals surface area contributed by atoms with Crippen molar-refractivity contribution < 1.29 is 32.1 Å². The molecule has 0 aromatic heterocycles. The summed E-state index contributed by atoms with van der Waals surface area (Å²) in [6.45, 7) is -0.494. The van der Waals surface area contributed by atoms with Crippen molar-refractivity contribution in [3.05, 3.63) is 89.5 Å². The van der Waals surface area contributed by atoms with Crippen molar-refractivity contribution in [1.82, 2.24) is 0 Å². The normalized spacial score (nSPS) is 12.4. The summed E-state index contributed by atoms with van der Waals surface area (Å²) < 4.78 is 64.3. The van der Waals surface area contributed by atoms with E-state index in [9.17, 15) is 17.7 Å². The molecule has 0 aliphatic carbocycles. The monoisotopic (exact) mass is 420 g/mol. The Bertz CT molecular complexity index is 941. The third kappa shape index (κ3) is 5.51. The van der Waals surface area contributed by atoms with Gasteiger partial charge in [-0.2, -0.15) is 18.1 Å². The van der Waals surface area contributed by atoms with Gasteiger partial charge >= 0.3 is 6.18 Å². The maximum atomic E-state index is 13.5. The van der Waals surface area contributed by atoms with E-state index in [1.165, 1.54) is 13.2 Å². The molecule has 0 aliphatic heterocycles. The summed E-state index contributed by atoms with van der Waals surface area (Å²) in [7, 11) is 1.47. The largest absolute Gasteiger partial charge is 0.497 e. The van der Waals surface area contributed by atoms with Crippen molar-refractivity contribution in [3.8, 4) is 17.2 Å². The second kappa shape index (κ2) is 9.63. The Labute approximate surface area is 171 Å². The minimum Gasteiger partial charge on any atom is -0.497 e. The van der Waals surface area contributed by atoms with Crippen LogP contribution in [0.3, 0.4) is 0 Å². The van der Waals surface area contributed by atoms with Gasteiger partial charge in [-0.15, -0.1) is 0 Å². The molecule has 3 aromatic rings. The second-order valence-corrected chi connectivity index (χ2v) is 6.64. The first-order valence-electron chi connectivity index (χ1n) is 9.20. The average Bonchev–Trinajstić information content (AvgIpc) is 2.73. The summed E-state index contributed by atoms with van der Waals surface area (Å²) in [6, 6.07) is 19.7. The number of benzene rings is 3. The number of hydrogen-bond acceptors (Lipinski definition) is 3. The molecule has 3 rings (SSSR count). The highest BCUT2D eigenvalue weighted by atomic mass is 19.4. The number of methoxy groups -OCH3 is 1. The Hall–Kier alpha value is -3.06. The molecule has 3 nitrogen and oxygen atoms in total. The molecular formula is C23H20F4O3. The summed E-state index contributed by atoms with van der Waals surface area (Å²) in [5.41, 5.74) is 0.898. The van der Waals surface area contributed by atoms with Gasteiger partial charge in [0.25, 0.3) is 0 Å². The number of alkyl halides is 3. The lowest BCUT2D eigenvalue weighted by Gasteiger charge is -2.25. The Kier molecular flexibility index (Phi) is 6.95. The number of rotatable bonds is 8. The molecular weight excluding hydrogens is 400 g/mol. The van der Waals surface area contributed by atoms with E-state index < -0.39 is 25.1 Å². The summed E-state index contributed by atoms with van der Waals surface area (Å²) >= 11 is 0. The lowest BCUT2D eigenvalue weighted by Crippen LogP contribution is -2.17. The van der Waals surface area contributed by atoms with Gasteiger partial charge in [0.2, 0.25) is 0 Å². The summed E-state index contributed by atoms with van der Waals surface area (Å²) in [4.78, 5) is 3.77. The van der Waals surface area contributed by atoms with Crippen molar-refractivity contribution >= 4 is 0 Å². The lowest BCUT2D eigenvalue weighted by molar-refractivity contribution is -0.145. The summed E-state index contributed by atoms with van der Waals surface area (Å²) in [6.07, 6.45) is -5.61. The van der Waals surface area contributed by atoms with Crippen LogP contribution in [0.5, 0.6) is 17.2 Å². The first-order chi connectivity index (χ1) is 14.4. The molecule has 1 unspecified atom stereocenters. The van der Waals surface area contributed by atoms with E-state index in [0.717, 1.165) is 0 Å². The van der Waals surface area contributed by atoms with E-state index in [2.05, 4.69) is 4.94 Å². The van der Waals surface area contributed by atoms with Crippen LogP contribution in [0.25, 0.3) is 0 Å². The molecule has 0 spiro atoms. The van der Waals surface area contributed by atoms with E-state index in [0.29, 0.717) is 17.1 Å². The minimum absolute atomic E-state index is 0.209. The fourth-order valence-corrected chi connectivity index (χ4v) is 3.33. The number of halogens is 4. The molecule has 0 heterocycles. The maximum Gasteiger partial charge on any atom is 0.390 e. The molecule has 158 valence electrons. The molecule has 1 atom stereocenters. The quantitative estimate of drug-likeness (QED) is 0.368. The van der Waals surface area contributed by atoms with E-state index in [4.69, 9.17) is 9.47 Å². The lowest BCUT2D eigenvalue weighted by atomic mass is 9.85. The van der Waals surface area contributed by atoms with Gasteiger partial charge in [0.05, 0.1) is 13.5 Å². The van der Waals surface area contributed by atoms with Crippen LogP contribution < -0.4 is 9.47 Å². The van der Waals surface area contributed by atoms with Gasteiger partial charge in [0.15, 0.2) is 0 Å². The Balaban J connectivity index is 2.13. The standard InChI is InChI=1S/C23H20F4O3/c1-28-18-12-10-16(11-13-18)20(14-23(24,25)26)22-17(15-29-27)6-5-9-21(22)30-19-7-3-2-4-8-19/h2-13,20H,14-15H2,1H3. The number of para-hydroxylation sites is 1. The number of ether oxygens (including phenoxy) is 2. The van der Waals surface area contributed by atoms with Crippen LogP contribution in [-0.2, 0) is 11.5 Å². The van der Waals surface area contributed by atoms with Gasteiger partial charge in [-0.05, 0) is 46.0 Å². The predicted molar refractivity (Wildman–Crippen MR) is 104 cm³/mol. The van der Waals surface area contributed by atoms with Crippen molar-refractivity contribution in [2.45, 2.75) is 25.1 Å². The van der Waals surface area contributed by atoms with Gasteiger partial charge in [-0.3, -0.25) is 0 Å². The zero-order chi connectivity index (χ0) is 21.6. The zero-order valence-corrected chi connectivity index (χ0v) is 16.2. The molecule has 0 fully saturated rings. The maximum absolute atomic E-state index is 13.5. The highest BCUT2D eigenvalue weighted by Crippen LogP contribution is 2.43. The Morgan fingerprint density at radius 1 is 0.833 bits per heavy atom. The van der Waals surface area contributed by atoms with Crippen LogP contribution in [0.1, 0.15) is 29.0 Å². The Morgan fingerprint density at radius 2 is 1.53 bits per heavy atom. The fraction of sp³-hybridized carbons (Fsp3) is 0.217. The molecule has 30 heavy (non-hydrogen) atoms. The average molecular weight is 420 g/mol. The van der Waals surface area contributed by atoms with Gasteiger partial charge < -0.3 is 9.47 Å². The Morgan fingerprint density at radius 3 is 2.13 bits per heavy atom. The van der Waals surface area contributed by atoms with Crippen LogP contribution >= 0.6 is 0 Å². The smallest absolute Gasteiger partial charge is 0.390 e. The minimum atomic E-state index is -4.46. The highest BCUT2D eigenvalue weighted by Gasteiger charge is 2.36. The zero-order valence-electron chi connectivity index (χ0n) is 16.2. The molecule has 0 N–H and O–H groups in total. The van der Waals surface area contributed by atoms with Crippen molar-refractivity contribution in [2.24, 2.45) is 0 Å². The van der Waals surface area contributed by atoms with Crippen molar-refractivity contribution in [3.63, 3.8) is 0 Å². The molecule has 0 amide bonds. The third-order valence-electron chi connectivity index (χ3n) is 4.64. The SMILES string of the molecule is COc1ccc(C(CC(F)(F)F)c2c(COF)cccc2Oc2ccccc2)cc1. The van der Waals surface area contributed by atoms with E-state index in [1.54, 1.807) is 66.7 Å². The molecule has 0 radical (unpaired) electrons. The second-order valence-electron chi connectivity index (χ2n) is 6.64. The first-order valence-corrected chi connectivity index (χ1v) is 9.20. The van der Waals surface area contributed by atoms with Crippen LogP contribution in [-0.4, -0.2) is 13.3 Å². The first kappa shape index (κ1) is 21.6. The van der Waals surface area contributed by atoms with Crippen LogP contribution in [0.4, 0.5) is 17.7 Å². The van der Waals surface area contributed by atoms with Crippen LogP contribution in [0.2, 0.25) is 0 Å². The van der Waals surface area contributed by atoms with Gasteiger partial charge in [0.1, 0.15) is 23.9 Å². The van der Waals surface area contributed by atoms with Crippen LogP contribution in [0, 0.1) is 0 Å². The molecule has 3 aromatic carbocycles. The highest BCUT2D eigenvalue weighted by molar-refractivity contribution is 5.49. The summed E-state index contributed by atoms with van der Waals surface area (Å²) in [5.74, 6) is 0.0602. The van der Waals surface area contributed by atoms with E-state index >= 15 is 0 Å². The molecule has 0 bridgehead atoms. The molecule has 0 saturated heterocycles. The van der Waals surface area contributed by atoms with Crippen LogP contribution in [0.15, 0.2) is 72.8 Å².